The van der Waals surface area contributed by atoms with Gasteiger partial charge in [0.15, 0.2) is 0 Å². The fourth-order valence-corrected chi connectivity index (χ4v) is 4.21. The van der Waals surface area contributed by atoms with Crippen LogP contribution in [0.15, 0.2) is 48.5 Å². The van der Waals surface area contributed by atoms with Gasteiger partial charge < -0.3 is 0 Å². The van der Waals surface area contributed by atoms with Crippen LogP contribution >= 0.6 is 11.3 Å². The van der Waals surface area contributed by atoms with E-state index in [1.54, 1.807) is 11.3 Å². The Hall–Kier alpha value is -2.00. The van der Waals surface area contributed by atoms with Gasteiger partial charge in [-0.05, 0) is 47.9 Å². The molecule has 0 amide bonds. The summed E-state index contributed by atoms with van der Waals surface area (Å²) in [6, 6.07) is 18.1. The summed E-state index contributed by atoms with van der Waals surface area (Å²) < 4.78 is 0. The number of benzene rings is 2. The second kappa shape index (κ2) is 10.4. The van der Waals surface area contributed by atoms with E-state index in [1.165, 1.54) is 52.9 Å². The molecule has 2 aromatic carbocycles. The molecule has 0 bridgehead atoms. The van der Waals surface area contributed by atoms with Crippen molar-refractivity contribution in [3.05, 3.63) is 69.7 Å². The summed E-state index contributed by atoms with van der Waals surface area (Å²) in [5.74, 6) is 0. The normalized spacial score (nSPS) is 11.0. The molecule has 0 fully saturated rings. The van der Waals surface area contributed by atoms with Crippen molar-refractivity contribution in [2.45, 2.75) is 65.2 Å². The van der Waals surface area contributed by atoms with Crippen LogP contribution in [0.1, 0.15) is 60.7 Å². The Morgan fingerprint density at radius 2 is 1.15 bits per heavy atom. The van der Waals surface area contributed by atoms with Gasteiger partial charge in [-0.25, -0.2) is 0 Å². The molecule has 0 spiro atoms. The van der Waals surface area contributed by atoms with Crippen molar-refractivity contribution < 1.29 is 0 Å². The van der Waals surface area contributed by atoms with Gasteiger partial charge >= 0.3 is 0 Å². The average molecular weight is 379 g/mol. The molecule has 3 rings (SSSR count). The third kappa shape index (κ3) is 6.00. The van der Waals surface area contributed by atoms with Crippen LogP contribution in [-0.4, -0.2) is 10.2 Å². The fourth-order valence-electron chi connectivity index (χ4n) is 3.26. The van der Waals surface area contributed by atoms with E-state index in [4.69, 9.17) is 0 Å². The molecule has 0 saturated carbocycles. The van der Waals surface area contributed by atoms with Crippen LogP contribution in [0.2, 0.25) is 0 Å². The van der Waals surface area contributed by atoms with E-state index in [1.807, 2.05) is 0 Å². The van der Waals surface area contributed by atoms with Crippen molar-refractivity contribution >= 4 is 11.3 Å². The minimum Gasteiger partial charge on any atom is -0.144 e. The maximum atomic E-state index is 4.32. The average Bonchev–Trinajstić information content (AvgIpc) is 3.15. The van der Waals surface area contributed by atoms with Crippen molar-refractivity contribution in [1.82, 2.24) is 10.2 Å². The lowest BCUT2D eigenvalue weighted by Crippen LogP contribution is -1.91. The summed E-state index contributed by atoms with van der Waals surface area (Å²) in [4.78, 5) is 0. The zero-order valence-corrected chi connectivity index (χ0v) is 17.4. The summed E-state index contributed by atoms with van der Waals surface area (Å²) in [5, 5.41) is 10.9. The van der Waals surface area contributed by atoms with Crippen LogP contribution in [0.25, 0.3) is 11.1 Å². The van der Waals surface area contributed by atoms with Gasteiger partial charge in [0.1, 0.15) is 10.0 Å². The summed E-state index contributed by atoms with van der Waals surface area (Å²) in [6.07, 6.45) is 9.27. The molecule has 0 aliphatic carbocycles. The van der Waals surface area contributed by atoms with Crippen molar-refractivity contribution in [1.29, 1.82) is 0 Å². The molecular formula is C24H30N2S. The number of hydrogen-bond donors (Lipinski definition) is 0. The van der Waals surface area contributed by atoms with Crippen LogP contribution < -0.4 is 0 Å². The molecule has 0 aliphatic rings. The Morgan fingerprint density at radius 3 is 1.70 bits per heavy atom. The van der Waals surface area contributed by atoms with E-state index in [9.17, 15) is 0 Å². The molecule has 0 saturated heterocycles. The molecule has 2 nitrogen and oxygen atoms in total. The first-order valence-electron chi connectivity index (χ1n) is 10.3. The van der Waals surface area contributed by atoms with Gasteiger partial charge in [-0.15, -0.1) is 21.5 Å². The molecular weight excluding hydrogens is 348 g/mol. The summed E-state index contributed by atoms with van der Waals surface area (Å²) in [6.45, 7) is 4.44. The van der Waals surface area contributed by atoms with Crippen molar-refractivity contribution in [3.8, 4) is 11.1 Å². The first-order valence-corrected chi connectivity index (χ1v) is 11.1. The number of aryl methyl sites for hydroxylation is 4. The molecule has 1 heterocycles. The van der Waals surface area contributed by atoms with Crippen LogP contribution in [0.5, 0.6) is 0 Å². The molecule has 0 aliphatic heterocycles. The zero-order chi connectivity index (χ0) is 18.9. The van der Waals surface area contributed by atoms with Gasteiger partial charge in [0.2, 0.25) is 0 Å². The number of hydrogen-bond acceptors (Lipinski definition) is 3. The standard InChI is InChI=1S/C24H30N2S/c1-3-5-6-8-19-9-14-21(15-10-19)22-16-11-20(12-17-22)13-18-24-26-25-23(27-24)7-4-2/h9-12,14-17H,3-8,13,18H2,1-2H3. The largest absolute Gasteiger partial charge is 0.144 e. The van der Waals surface area contributed by atoms with Gasteiger partial charge in [-0.3, -0.25) is 0 Å². The van der Waals surface area contributed by atoms with E-state index in [-0.39, 0.29) is 0 Å². The molecule has 1 aromatic heterocycles. The van der Waals surface area contributed by atoms with E-state index in [0.717, 1.165) is 30.7 Å². The van der Waals surface area contributed by atoms with Crippen LogP contribution in [-0.2, 0) is 25.7 Å². The Balaban J connectivity index is 1.54. The predicted molar refractivity (Wildman–Crippen MR) is 116 cm³/mol. The first kappa shape index (κ1) is 19.8. The second-order valence-corrected chi connectivity index (χ2v) is 8.34. The monoisotopic (exact) mass is 378 g/mol. The minimum atomic E-state index is 0.979. The van der Waals surface area contributed by atoms with Gasteiger partial charge in [0, 0.05) is 12.8 Å². The van der Waals surface area contributed by atoms with Gasteiger partial charge in [-0.1, -0.05) is 75.2 Å². The Labute approximate surface area is 167 Å². The first-order chi connectivity index (χ1) is 13.3. The highest BCUT2D eigenvalue weighted by molar-refractivity contribution is 7.11. The molecule has 27 heavy (non-hydrogen) atoms. The fraction of sp³-hybridized carbons (Fsp3) is 0.417. The number of aromatic nitrogens is 2. The van der Waals surface area contributed by atoms with Gasteiger partial charge in [0.05, 0.1) is 0 Å². The van der Waals surface area contributed by atoms with E-state index in [0.29, 0.717) is 0 Å². The molecule has 3 aromatic rings. The van der Waals surface area contributed by atoms with Crippen molar-refractivity contribution in [2.24, 2.45) is 0 Å². The maximum Gasteiger partial charge on any atom is 0.117 e. The highest BCUT2D eigenvalue weighted by Crippen LogP contribution is 2.22. The summed E-state index contributed by atoms with van der Waals surface area (Å²) in [5.41, 5.74) is 5.40. The van der Waals surface area contributed by atoms with Crippen molar-refractivity contribution in [2.75, 3.05) is 0 Å². The second-order valence-electron chi connectivity index (χ2n) is 7.19. The van der Waals surface area contributed by atoms with Crippen LogP contribution in [0, 0.1) is 0 Å². The lowest BCUT2D eigenvalue weighted by molar-refractivity contribution is 0.717. The summed E-state index contributed by atoms with van der Waals surface area (Å²) >= 11 is 1.76. The highest BCUT2D eigenvalue weighted by Gasteiger charge is 2.05. The van der Waals surface area contributed by atoms with E-state index >= 15 is 0 Å². The molecule has 142 valence electrons. The Bertz CT molecular complexity index is 803. The maximum absolute atomic E-state index is 4.32. The lowest BCUT2D eigenvalue weighted by Gasteiger charge is -2.06. The van der Waals surface area contributed by atoms with Crippen LogP contribution in [0.4, 0.5) is 0 Å². The number of rotatable bonds is 10. The molecule has 0 unspecified atom stereocenters. The van der Waals surface area contributed by atoms with E-state index < -0.39 is 0 Å². The number of unbranched alkanes of at least 4 members (excludes halogenated alkanes) is 2. The molecule has 0 radical (unpaired) electrons. The topological polar surface area (TPSA) is 25.8 Å². The molecule has 0 atom stereocenters. The van der Waals surface area contributed by atoms with Gasteiger partial charge in [-0.2, -0.15) is 0 Å². The predicted octanol–water partition coefficient (Wildman–Crippen LogP) is 6.68. The molecule has 0 N–H and O–H groups in total. The zero-order valence-electron chi connectivity index (χ0n) is 16.6. The van der Waals surface area contributed by atoms with E-state index in [2.05, 4.69) is 72.6 Å². The Morgan fingerprint density at radius 1 is 0.593 bits per heavy atom. The van der Waals surface area contributed by atoms with Crippen molar-refractivity contribution in [3.63, 3.8) is 0 Å². The smallest absolute Gasteiger partial charge is 0.117 e. The third-order valence-corrected chi connectivity index (χ3v) is 5.95. The minimum absolute atomic E-state index is 0.979. The Kier molecular flexibility index (Phi) is 7.58. The van der Waals surface area contributed by atoms with Crippen LogP contribution in [0.3, 0.4) is 0 Å². The quantitative estimate of drug-likeness (QED) is 0.368. The molecule has 3 heteroatoms. The highest BCUT2D eigenvalue weighted by atomic mass is 32.1. The summed E-state index contributed by atoms with van der Waals surface area (Å²) in [7, 11) is 0. The van der Waals surface area contributed by atoms with Gasteiger partial charge in [0.25, 0.3) is 0 Å². The SMILES string of the molecule is CCCCCc1ccc(-c2ccc(CCc3nnc(CCC)s3)cc2)cc1. The lowest BCUT2D eigenvalue weighted by atomic mass is 9.99. The third-order valence-electron chi connectivity index (χ3n) is 4.91. The number of nitrogens with zero attached hydrogens (tertiary/aromatic N) is 2.